The van der Waals surface area contributed by atoms with Crippen LogP contribution in [0.4, 0.5) is 14.9 Å². The van der Waals surface area contributed by atoms with E-state index in [2.05, 4.69) is 5.32 Å². The minimum absolute atomic E-state index is 0.144. The van der Waals surface area contributed by atoms with Crippen LogP contribution < -0.4 is 14.8 Å². The average Bonchev–Trinajstić information content (AvgIpc) is 3.13. The monoisotopic (exact) mass is 520 g/mol. The first-order chi connectivity index (χ1) is 17.7. The first-order valence-electron chi connectivity index (χ1n) is 11.4. The van der Waals surface area contributed by atoms with Crippen LogP contribution in [-0.4, -0.2) is 35.7 Å². The van der Waals surface area contributed by atoms with Gasteiger partial charge in [0, 0.05) is 11.3 Å². The zero-order chi connectivity index (χ0) is 26.5. The SMILES string of the molecule is COc1cc(/C=C2/SC(=O)N(Cc3ccccc3F)C2=O)ccc1OCC(=O)Nc1ccc(C)c(C)c1. The lowest BCUT2D eigenvalue weighted by molar-refractivity contribution is -0.123. The van der Waals surface area contributed by atoms with E-state index in [9.17, 15) is 18.8 Å². The lowest BCUT2D eigenvalue weighted by Gasteiger charge is -2.13. The second-order valence-corrected chi connectivity index (χ2v) is 9.40. The van der Waals surface area contributed by atoms with Gasteiger partial charge in [0.2, 0.25) is 0 Å². The van der Waals surface area contributed by atoms with Crippen LogP contribution in [0.1, 0.15) is 22.3 Å². The molecular formula is C28H25FN2O5S. The normalized spacial score (nSPS) is 14.3. The highest BCUT2D eigenvalue weighted by atomic mass is 32.2. The molecule has 1 aliphatic rings. The van der Waals surface area contributed by atoms with Crippen molar-refractivity contribution in [2.24, 2.45) is 0 Å². The highest BCUT2D eigenvalue weighted by molar-refractivity contribution is 8.18. The van der Waals surface area contributed by atoms with Gasteiger partial charge in [-0.25, -0.2) is 4.39 Å². The molecule has 3 aromatic carbocycles. The number of imide groups is 1. The molecule has 0 bridgehead atoms. The molecule has 1 saturated heterocycles. The maximum atomic E-state index is 14.0. The second kappa shape index (κ2) is 11.3. The van der Waals surface area contributed by atoms with E-state index in [1.807, 2.05) is 32.0 Å². The summed E-state index contributed by atoms with van der Waals surface area (Å²) in [7, 11) is 1.46. The van der Waals surface area contributed by atoms with Crippen molar-refractivity contribution in [1.29, 1.82) is 0 Å². The van der Waals surface area contributed by atoms with Crippen LogP contribution in [0.25, 0.3) is 6.08 Å². The van der Waals surface area contributed by atoms with E-state index in [4.69, 9.17) is 9.47 Å². The maximum Gasteiger partial charge on any atom is 0.293 e. The van der Waals surface area contributed by atoms with Gasteiger partial charge in [-0.1, -0.05) is 30.3 Å². The van der Waals surface area contributed by atoms with Gasteiger partial charge >= 0.3 is 0 Å². The summed E-state index contributed by atoms with van der Waals surface area (Å²) >= 11 is 0.787. The molecule has 0 radical (unpaired) electrons. The Labute approximate surface area is 218 Å². The average molecular weight is 521 g/mol. The van der Waals surface area contributed by atoms with Gasteiger partial charge in [-0.3, -0.25) is 19.3 Å². The largest absolute Gasteiger partial charge is 0.493 e. The Balaban J connectivity index is 1.42. The number of methoxy groups -OCH3 is 1. The number of halogens is 1. The molecule has 1 N–H and O–H groups in total. The minimum Gasteiger partial charge on any atom is -0.493 e. The summed E-state index contributed by atoms with van der Waals surface area (Å²) in [6.45, 7) is 3.60. The Kier molecular flexibility index (Phi) is 7.93. The summed E-state index contributed by atoms with van der Waals surface area (Å²) < 4.78 is 25.0. The third-order valence-electron chi connectivity index (χ3n) is 5.79. The number of ether oxygens (including phenoxy) is 2. The Morgan fingerprint density at radius 3 is 2.54 bits per heavy atom. The first-order valence-corrected chi connectivity index (χ1v) is 12.2. The Morgan fingerprint density at radius 2 is 1.81 bits per heavy atom. The van der Waals surface area contributed by atoms with Crippen molar-refractivity contribution in [2.75, 3.05) is 19.0 Å². The predicted molar refractivity (Wildman–Crippen MR) is 141 cm³/mol. The van der Waals surface area contributed by atoms with Crippen molar-refractivity contribution >= 4 is 40.6 Å². The number of hydrogen-bond donors (Lipinski definition) is 1. The van der Waals surface area contributed by atoms with Crippen molar-refractivity contribution in [3.8, 4) is 11.5 Å². The number of nitrogens with zero attached hydrogens (tertiary/aromatic N) is 1. The summed E-state index contributed by atoms with van der Waals surface area (Å²) in [6, 6.07) is 16.6. The van der Waals surface area contributed by atoms with Crippen LogP contribution >= 0.6 is 11.8 Å². The fourth-order valence-electron chi connectivity index (χ4n) is 3.64. The van der Waals surface area contributed by atoms with E-state index < -0.39 is 17.0 Å². The number of hydrogen-bond acceptors (Lipinski definition) is 6. The van der Waals surface area contributed by atoms with Crippen LogP contribution in [-0.2, 0) is 16.1 Å². The molecule has 9 heteroatoms. The second-order valence-electron chi connectivity index (χ2n) is 8.41. The zero-order valence-corrected chi connectivity index (χ0v) is 21.4. The van der Waals surface area contributed by atoms with Gasteiger partial charge in [0.25, 0.3) is 17.1 Å². The van der Waals surface area contributed by atoms with Crippen molar-refractivity contribution in [1.82, 2.24) is 4.90 Å². The van der Waals surface area contributed by atoms with Crippen LogP contribution in [0.2, 0.25) is 0 Å². The number of amides is 3. The molecule has 4 rings (SSSR count). The molecule has 0 atom stereocenters. The van der Waals surface area contributed by atoms with Crippen LogP contribution in [0.15, 0.2) is 65.6 Å². The Morgan fingerprint density at radius 1 is 1.03 bits per heavy atom. The molecule has 0 unspecified atom stereocenters. The predicted octanol–water partition coefficient (Wildman–Crippen LogP) is 5.71. The number of anilines is 1. The molecule has 0 aromatic heterocycles. The molecule has 3 amide bonds. The minimum atomic E-state index is -0.499. The summed E-state index contributed by atoms with van der Waals surface area (Å²) in [6.07, 6.45) is 1.56. The molecule has 190 valence electrons. The van der Waals surface area contributed by atoms with Gasteiger partial charge in [-0.2, -0.15) is 0 Å². The molecule has 1 heterocycles. The van der Waals surface area contributed by atoms with E-state index in [0.717, 1.165) is 27.8 Å². The Bertz CT molecular complexity index is 1410. The molecule has 37 heavy (non-hydrogen) atoms. The molecule has 0 saturated carbocycles. The van der Waals surface area contributed by atoms with Gasteiger partial charge in [-0.05, 0) is 78.7 Å². The van der Waals surface area contributed by atoms with Crippen molar-refractivity contribution in [3.63, 3.8) is 0 Å². The number of nitrogens with one attached hydrogen (secondary N) is 1. The number of aryl methyl sites for hydroxylation is 2. The lowest BCUT2D eigenvalue weighted by Crippen LogP contribution is -2.27. The van der Waals surface area contributed by atoms with E-state index >= 15 is 0 Å². The van der Waals surface area contributed by atoms with Crippen molar-refractivity contribution in [2.45, 2.75) is 20.4 Å². The highest BCUT2D eigenvalue weighted by Gasteiger charge is 2.35. The molecule has 1 fully saturated rings. The number of benzene rings is 3. The van der Waals surface area contributed by atoms with Gasteiger partial charge in [0.15, 0.2) is 18.1 Å². The molecule has 0 aliphatic carbocycles. The van der Waals surface area contributed by atoms with E-state index in [-0.39, 0.29) is 29.5 Å². The number of carbonyl (C=O) groups excluding carboxylic acids is 3. The molecular weight excluding hydrogens is 495 g/mol. The van der Waals surface area contributed by atoms with Crippen molar-refractivity contribution < 1.29 is 28.2 Å². The smallest absolute Gasteiger partial charge is 0.293 e. The first kappa shape index (κ1) is 26.0. The molecule has 1 aliphatic heterocycles. The van der Waals surface area contributed by atoms with Gasteiger partial charge < -0.3 is 14.8 Å². The van der Waals surface area contributed by atoms with Crippen LogP contribution in [0.5, 0.6) is 11.5 Å². The molecule has 3 aromatic rings. The molecule has 7 nitrogen and oxygen atoms in total. The number of carbonyl (C=O) groups is 3. The summed E-state index contributed by atoms with van der Waals surface area (Å²) in [5.41, 5.74) is 3.74. The van der Waals surface area contributed by atoms with Gasteiger partial charge in [0.05, 0.1) is 18.6 Å². The number of thioether (sulfide) groups is 1. The molecule has 0 spiro atoms. The van der Waals surface area contributed by atoms with Gasteiger partial charge in [0.1, 0.15) is 5.82 Å². The fraction of sp³-hybridized carbons (Fsp3) is 0.179. The number of rotatable bonds is 8. The third-order valence-corrected chi connectivity index (χ3v) is 6.70. The van der Waals surface area contributed by atoms with E-state index in [1.54, 1.807) is 36.4 Å². The quantitative estimate of drug-likeness (QED) is 0.383. The Hall–Kier alpha value is -4.11. The van der Waals surface area contributed by atoms with E-state index in [1.165, 1.54) is 19.2 Å². The summed E-state index contributed by atoms with van der Waals surface area (Å²) in [5, 5.41) is 2.33. The van der Waals surface area contributed by atoms with Crippen molar-refractivity contribution in [3.05, 3.63) is 93.6 Å². The fourth-order valence-corrected chi connectivity index (χ4v) is 4.48. The van der Waals surface area contributed by atoms with Crippen LogP contribution in [0.3, 0.4) is 0 Å². The standard InChI is InChI=1S/C28H25FN2O5S/c1-17-8-10-21(12-18(17)2)30-26(32)16-36-23-11-9-19(13-24(23)35-3)14-25-27(33)31(28(34)37-25)15-20-6-4-5-7-22(20)29/h4-14H,15-16H2,1-3H3,(H,30,32)/b25-14+. The highest BCUT2D eigenvalue weighted by Crippen LogP contribution is 2.35. The third kappa shape index (κ3) is 6.18. The maximum absolute atomic E-state index is 14.0. The topological polar surface area (TPSA) is 84.9 Å². The lowest BCUT2D eigenvalue weighted by atomic mass is 10.1. The summed E-state index contributed by atoms with van der Waals surface area (Å²) in [4.78, 5) is 38.8. The van der Waals surface area contributed by atoms with Gasteiger partial charge in [-0.15, -0.1) is 0 Å². The van der Waals surface area contributed by atoms with Crippen LogP contribution in [0, 0.1) is 19.7 Å². The summed E-state index contributed by atoms with van der Waals surface area (Å²) in [5.74, 6) is -0.590. The van der Waals surface area contributed by atoms with E-state index in [0.29, 0.717) is 22.7 Å². The zero-order valence-electron chi connectivity index (χ0n) is 20.5.